The maximum absolute atomic E-state index is 6.20. The highest BCUT2D eigenvalue weighted by Gasteiger charge is 2.13. The molecule has 0 amide bonds. The predicted molar refractivity (Wildman–Crippen MR) is 118 cm³/mol. The first-order valence-electron chi connectivity index (χ1n) is 8.92. The van der Waals surface area contributed by atoms with E-state index in [9.17, 15) is 0 Å². The van der Waals surface area contributed by atoms with E-state index in [1.807, 2.05) is 48.5 Å². The van der Waals surface area contributed by atoms with Crippen LogP contribution in [0.5, 0.6) is 17.2 Å². The minimum atomic E-state index is 0.263. The van der Waals surface area contributed by atoms with Crippen LogP contribution >= 0.6 is 35.4 Å². The third kappa shape index (κ3) is 4.93. The highest BCUT2D eigenvalue weighted by molar-refractivity contribution is 7.80. The second kappa shape index (κ2) is 8.91. The van der Waals surface area contributed by atoms with Crippen molar-refractivity contribution < 1.29 is 14.2 Å². The fourth-order valence-corrected chi connectivity index (χ4v) is 3.52. The number of halogens is 2. The Morgan fingerprint density at radius 2 is 1.86 bits per heavy atom. The largest absolute Gasteiger partial charge is 0.489 e. The van der Waals surface area contributed by atoms with Crippen molar-refractivity contribution >= 4 is 40.4 Å². The van der Waals surface area contributed by atoms with Crippen LogP contribution < -0.4 is 19.5 Å². The van der Waals surface area contributed by atoms with Gasteiger partial charge in [0.25, 0.3) is 0 Å². The van der Waals surface area contributed by atoms with Crippen LogP contribution in [0.3, 0.4) is 0 Å². The standard InChI is InChI=1S/C22H17Cl2NO3S/c23-17-6-5-16(19(24)10-17)12-26-18-3-1-2-15(9-18)22(29)25-11-14-4-7-20-21(8-14)28-13-27-20/h1-10H,11-13H2,(H,25,29). The molecule has 4 rings (SSSR count). The van der Waals surface area contributed by atoms with Gasteiger partial charge in [-0.15, -0.1) is 0 Å². The molecule has 29 heavy (non-hydrogen) atoms. The van der Waals surface area contributed by atoms with Gasteiger partial charge < -0.3 is 19.5 Å². The second-order valence-corrected chi connectivity index (χ2v) is 7.67. The number of fused-ring (bicyclic) bond motifs is 1. The number of hydrogen-bond donors (Lipinski definition) is 1. The molecule has 0 saturated heterocycles. The number of thiocarbonyl (C=S) groups is 1. The first kappa shape index (κ1) is 19.8. The average Bonchev–Trinajstić information content (AvgIpc) is 3.19. The van der Waals surface area contributed by atoms with E-state index in [4.69, 9.17) is 49.6 Å². The lowest BCUT2D eigenvalue weighted by Crippen LogP contribution is -2.21. The first-order valence-corrected chi connectivity index (χ1v) is 10.1. The van der Waals surface area contributed by atoms with Crippen LogP contribution in [0.2, 0.25) is 10.0 Å². The average molecular weight is 446 g/mol. The molecule has 1 aliphatic rings. The van der Waals surface area contributed by atoms with E-state index >= 15 is 0 Å². The SMILES string of the molecule is S=C(NCc1ccc2c(c1)OCO2)c1cccc(OCc2ccc(Cl)cc2Cl)c1. The van der Waals surface area contributed by atoms with Gasteiger partial charge in [-0.1, -0.05) is 59.7 Å². The van der Waals surface area contributed by atoms with Crippen molar-refractivity contribution in [1.29, 1.82) is 0 Å². The molecule has 1 N–H and O–H groups in total. The van der Waals surface area contributed by atoms with Gasteiger partial charge in [0.05, 0.1) is 0 Å². The summed E-state index contributed by atoms with van der Waals surface area (Å²) >= 11 is 17.7. The molecule has 7 heteroatoms. The van der Waals surface area contributed by atoms with Crippen LogP contribution in [-0.2, 0) is 13.2 Å². The minimum Gasteiger partial charge on any atom is -0.489 e. The first-order chi connectivity index (χ1) is 14.1. The zero-order valence-electron chi connectivity index (χ0n) is 15.3. The van der Waals surface area contributed by atoms with Crippen molar-refractivity contribution in [2.24, 2.45) is 0 Å². The summed E-state index contributed by atoms with van der Waals surface area (Å²) in [5.74, 6) is 2.23. The third-order valence-corrected chi connectivity index (χ3v) is 5.36. The molecule has 3 aromatic carbocycles. The molecule has 4 nitrogen and oxygen atoms in total. The van der Waals surface area contributed by atoms with Gasteiger partial charge in [0.2, 0.25) is 6.79 Å². The van der Waals surface area contributed by atoms with Crippen LogP contribution in [-0.4, -0.2) is 11.8 Å². The molecule has 148 valence electrons. The number of nitrogens with one attached hydrogen (secondary N) is 1. The number of ether oxygens (including phenoxy) is 3. The maximum atomic E-state index is 6.20. The van der Waals surface area contributed by atoms with E-state index in [0.29, 0.717) is 33.9 Å². The molecular formula is C22H17Cl2NO3S. The van der Waals surface area contributed by atoms with Crippen LogP contribution in [0.1, 0.15) is 16.7 Å². The second-order valence-electron chi connectivity index (χ2n) is 6.42. The number of hydrogen-bond acceptors (Lipinski definition) is 4. The van der Waals surface area contributed by atoms with Crippen molar-refractivity contribution in [2.75, 3.05) is 6.79 Å². The highest BCUT2D eigenvalue weighted by atomic mass is 35.5. The van der Waals surface area contributed by atoms with Gasteiger partial charge in [-0.25, -0.2) is 0 Å². The molecule has 3 aromatic rings. The van der Waals surface area contributed by atoms with E-state index in [2.05, 4.69) is 5.32 Å². The lowest BCUT2D eigenvalue weighted by atomic mass is 10.1. The summed E-state index contributed by atoms with van der Waals surface area (Å²) < 4.78 is 16.6. The molecule has 1 heterocycles. The van der Waals surface area contributed by atoms with Crippen molar-refractivity contribution in [3.8, 4) is 17.2 Å². The molecule has 0 unspecified atom stereocenters. The van der Waals surface area contributed by atoms with E-state index in [1.54, 1.807) is 12.1 Å². The summed E-state index contributed by atoms with van der Waals surface area (Å²) in [6, 6.07) is 18.8. The predicted octanol–water partition coefficient (Wildman–Crippen LogP) is 5.77. The number of benzene rings is 3. The topological polar surface area (TPSA) is 39.7 Å². The zero-order valence-corrected chi connectivity index (χ0v) is 17.6. The van der Waals surface area contributed by atoms with Gasteiger partial charge in [0.15, 0.2) is 11.5 Å². The van der Waals surface area contributed by atoms with Gasteiger partial charge in [-0.05, 0) is 42.0 Å². The van der Waals surface area contributed by atoms with Crippen molar-refractivity contribution in [3.05, 3.63) is 87.4 Å². The number of rotatable bonds is 6. The fourth-order valence-electron chi connectivity index (χ4n) is 2.86. The molecule has 0 atom stereocenters. The smallest absolute Gasteiger partial charge is 0.231 e. The molecule has 0 aromatic heterocycles. The molecule has 1 aliphatic heterocycles. The Labute approximate surface area is 184 Å². The quantitative estimate of drug-likeness (QED) is 0.487. The van der Waals surface area contributed by atoms with Crippen LogP contribution in [0.25, 0.3) is 0 Å². The Balaban J connectivity index is 1.36. The van der Waals surface area contributed by atoms with Crippen molar-refractivity contribution in [3.63, 3.8) is 0 Å². The normalized spacial score (nSPS) is 11.9. The molecular weight excluding hydrogens is 429 g/mol. The van der Waals surface area contributed by atoms with Crippen LogP contribution in [0.4, 0.5) is 0 Å². The Kier molecular flexibility index (Phi) is 6.09. The molecule has 0 fully saturated rings. The van der Waals surface area contributed by atoms with Gasteiger partial charge in [-0.2, -0.15) is 0 Å². The molecule has 0 spiro atoms. The van der Waals surface area contributed by atoms with Crippen LogP contribution in [0, 0.1) is 0 Å². The van der Waals surface area contributed by atoms with Crippen molar-refractivity contribution in [2.45, 2.75) is 13.2 Å². The van der Waals surface area contributed by atoms with E-state index in [-0.39, 0.29) is 6.79 Å². The molecule has 0 aliphatic carbocycles. The Morgan fingerprint density at radius 1 is 1.00 bits per heavy atom. The van der Waals surface area contributed by atoms with Gasteiger partial charge in [-0.3, -0.25) is 0 Å². The summed E-state index contributed by atoms with van der Waals surface area (Å²) in [6.07, 6.45) is 0. The summed E-state index contributed by atoms with van der Waals surface area (Å²) in [5, 5.41) is 4.44. The summed E-state index contributed by atoms with van der Waals surface area (Å²) in [5.41, 5.74) is 2.80. The molecule has 0 radical (unpaired) electrons. The zero-order chi connectivity index (χ0) is 20.2. The Hall–Kier alpha value is -2.47. The summed E-state index contributed by atoms with van der Waals surface area (Å²) in [7, 11) is 0. The van der Waals surface area contributed by atoms with E-state index in [0.717, 1.165) is 28.2 Å². The van der Waals surface area contributed by atoms with Gasteiger partial charge in [0, 0.05) is 27.7 Å². The minimum absolute atomic E-state index is 0.263. The summed E-state index contributed by atoms with van der Waals surface area (Å²) in [4.78, 5) is 0.637. The lowest BCUT2D eigenvalue weighted by molar-refractivity contribution is 0.174. The fraction of sp³-hybridized carbons (Fsp3) is 0.136. The molecule has 0 bridgehead atoms. The molecule has 0 saturated carbocycles. The Morgan fingerprint density at radius 3 is 2.72 bits per heavy atom. The maximum Gasteiger partial charge on any atom is 0.231 e. The van der Waals surface area contributed by atoms with E-state index < -0.39 is 0 Å². The summed E-state index contributed by atoms with van der Waals surface area (Å²) in [6.45, 7) is 1.19. The van der Waals surface area contributed by atoms with Gasteiger partial charge in [0.1, 0.15) is 17.3 Å². The van der Waals surface area contributed by atoms with Crippen molar-refractivity contribution in [1.82, 2.24) is 5.32 Å². The highest BCUT2D eigenvalue weighted by Crippen LogP contribution is 2.32. The third-order valence-electron chi connectivity index (χ3n) is 4.40. The van der Waals surface area contributed by atoms with E-state index in [1.165, 1.54) is 0 Å². The van der Waals surface area contributed by atoms with Crippen LogP contribution in [0.15, 0.2) is 60.7 Å². The lowest BCUT2D eigenvalue weighted by Gasteiger charge is -2.12. The van der Waals surface area contributed by atoms with Gasteiger partial charge >= 0.3 is 0 Å². The Bertz CT molecular complexity index is 1060. The monoisotopic (exact) mass is 445 g/mol.